The molecule has 8 heteroatoms. The van der Waals surface area contributed by atoms with Gasteiger partial charge < -0.3 is 19.1 Å². The molecule has 1 N–H and O–H groups in total. The van der Waals surface area contributed by atoms with E-state index < -0.39 is 30.1 Å². The second-order valence-corrected chi connectivity index (χ2v) is 8.38. The van der Waals surface area contributed by atoms with Crippen LogP contribution in [0.15, 0.2) is 12.5 Å². The maximum atomic E-state index is 11.7. The lowest BCUT2D eigenvalue weighted by molar-refractivity contribution is -0.182. The van der Waals surface area contributed by atoms with Gasteiger partial charge in [0.25, 0.3) is 0 Å². The molecule has 1 aromatic heterocycles. The number of carboxylic acids is 1. The second-order valence-electron chi connectivity index (χ2n) is 8.38. The molecular formula is C22H34N2O6. The molecule has 1 aliphatic carbocycles. The number of carboxylic acid groups (broad SMARTS) is 1. The first-order valence-corrected chi connectivity index (χ1v) is 10.9. The smallest absolute Gasteiger partial charge is 0.308 e. The molecule has 1 aromatic rings. The summed E-state index contributed by atoms with van der Waals surface area (Å²) in [6.07, 6.45) is 9.76. The molecule has 30 heavy (non-hydrogen) atoms. The fourth-order valence-corrected chi connectivity index (χ4v) is 3.95. The highest BCUT2D eigenvalue weighted by Crippen LogP contribution is 2.32. The number of aromatic nitrogens is 2. The molecule has 8 nitrogen and oxygen atoms in total. The van der Waals surface area contributed by atoms with Crippen LogP contribution >= 0.6 is 0 Å². The predicted octanol–water partition coefficient (Wildman–Crippen LogP) is 3.89. The van der Waals surface area contributed by atoms with Crippen LogP contribution in [-0.4, -0.2) is 38.9 Å². The van der Waals surface area contributed by atoms with Gasteiger partial charge in [0.2, 0.25) is 6.29 Å². The van der Waals surface area contributed by atoms with Crippen LogP contribution in [0.4, 0.5) is 0 Å². The highest BCUT2D eigenvalue weighted by Gasteiger charge is 2.22. The number of rotatable bonds is 11. The lowest BCUT2D eigenvalue weighted by Crippen LogP contribution is -2.20. The van der Waals surface area contributed by atoms with Crippen LogP contribution in [0.5, 0.6) is 0 Å². The number of hydrogen-bond acceptors (Lipinski definition) is 6. The summed E-state index contributed by atoms with van der Waals surface area (Å²) in [5.41, 5.74) is 0.802. The Morgan fingerprint density at radius 1 is 1.20 bits per heavy atom. The Hall–Kier alpha value is -2.38. The number of aliphatic carboxylic acids is 1. The lowest BCUT2D eigenvalue weighted by atomic mass is 9.87. The number of imidazole rings is 1. The van der Waals surface area contributed by atoms with Gasteiger partial charge in [-0.25, -0.2) is 4.98 Å². The zero-order valence-electron chi connectivity index (χ0n) is 18.2. The minimum Gasteiger partial charge on any atom is -0.481 e. The number of unbranched alkanes of at least 4 members (excludes halogenated alkanes) is 1. The van der Waals surface area contributed by atoms with E-state index in [0.29, 0.717) is 31.7 Å². The van der Waals surface area contributed by atoms with Gasteiger partial charge in [-0.05, 0) is 44.4 Å². The average Bonchev–Trinajstić information content (AvgIpc) is 3.12. The van der Waals surface area contributed by atoms with Gasteiger partial charge in [-0.1, -0.05) is 13.3 Å². The van der Waals surface area contributed by atoms with Crippen molar-refractivity contribution >= 4 is 17.9 Å². The molecule has 0 aliphatic heterocycles. The van der Waals surface area contributed by atoms with Crippen LogP contribution in [0.1, 0.15) is 83.9 Å². The van der Waals surface area contributed by atoms with E-state index in [2.05, 4.69) is 16.5 Å². The number of esters is 2. The van der Waals surface area contributed by atoms with Gasteiger partial charge in [-0.3, -0.25) is 14.4 Å². The third-order valence-corrected chi connectivity index (χ3v) is 5.68. The maximum Gasteiger partial charge on any atom is 0.308 e. The van der Waals surface area contributed by atoms with Crippen LogP contribution in [0.3, 0.4) is 0 Å². The van der Waals surface area contributed by atoms with E-state index in [9.17, 15) is 19.5 Å². The summed E-state index contributed by atoms with van der Waals surface area (Å²) in [7, 11) is 0. The first kappa shape index (κ1) is 23.9. The quantitative estimate of drug-likeness (QED) is 0.327. The highest BCUT2D eigenvalue weighted by molar-refractivity contribution is 5.71. The molecule has 0 amide bonds. The number of ether oxygens (including phenoxy) is 2. The minimum absolute atomic E-state index is 0.159. The maximum absolute atomic E-state index is 11.7. The topological polar surface area (TPSA) is 108 Å². The molecule has 2 rings (SSSR count). The molecule has 0 saturated heterocycles. The Labute approximate surface area is 178 Å². The van der Waals surface area contributed by atoms with Gasteiger partial charge in [0.15, 0.2) is 0 Å². The second kappa shape index (κ2) is 11.7. The van der Waals surface area contributed by atoms with Gasteiger partial charge in [-0.2, -0.15) is 0 Å². The van der Waals surface area contributed by atoms with Crippen molar-refractivity contribution in [2.45, 2.75) is 90.9 Å². The summed E-state index contributed by atoms with van der Waals surface area (Å²) < 4.78 is 11.9. The van der Waals surface area contributed by atoms with E-state index >= 15 is 0 Å². The third-order valence-electron chi connectivity index (χ3n) is 5.68. The van der Waals surface area contributed by atoms with Gasteiger partial charge in [0.05, 0.1) is 17.9 Å². The van der Waals surface area contributed by atoms with Crippen molar-refractivity contribution < 1.29 is 29.0 Å². The Bertz CT molecular complexity index is 708. The molecule has 0 radical (unpaired) electrons. The Balaban J connectivity index is 1.74. The van der Waals surface area contributed by atoms with Crippen molar-refractivity contribution in [1.29, 1.82) is 0 Å². The molecule has 168 valence electrons. The summed E-state index contributed by atoms with van der Waals surface area (Å²) >= 11 is 0. The molecule has 1 aliphatic rings. The molecule has 0 aromatic carbocycles. The van der Waals surface area contributed by atoms with E-state index in [-0.39, 0.29) is 6.42 Å². The number of carbonyl (C=O) groups excluding carboxylic acids is 2. The minimum atomic E-state index is -0.913. The van der Waals surface area contributed by atoms with E-state index in [0.717, 1.165) is 24.5 Å². The molecular weight excluding hydrogens is 388 g/mol. The summed E-state index contributed by atoms with van der Waals surface area (Å²) in [6.45, 7) is 5.01. The first-order chi connectivity index (χ1) is 14.2. The standard InChI is InChI=1S/C22H34N2O6/c1-15-8-10-20(11-9-15)24-13-19(23-14-24)12-18(22(27)28)6-4-5-7-21(26)30-17(3)29-16(2)25/h13-15,17-18,20H,4-12H2,1-3H3,(H,27,28)/t15?,17?,18-,20?/m0/s1. The molecule has 2 atom stereocenters. The Morgan fingerprint density at radius 2 is 1.90 bits per heavy atom. The van der Waals surface area contributed by atoms with E-state index in [4.69, 9.17) is 9.47 Å². The highest BCUT2D eigenvalue weighted by atomic mass is 16.7. The van der Waals surface area contributed by atoms with Crippen molar-refractivity contribution in [3.63, 3.8) is 0 Å². The monoisotopic (exact) mass is 422 g/mol. The van der Waals surface area contributed by atoms with Gasteiger partial charge in [0.1, 0.15) is 0 Å². The Morgan fingerprint density at radius 3 is 2.53 bits per heavy atom. The number of hydrogen-bond donors (Lipinski definition) is 1. The van der Waals surface area contributed by atoms with Crippen LogP contribution < -0.4 is 0 Å². The van der Waals surface area contributed by atoms with Crippen molar-refractivity contribution in [2.75, 3.05) is 0 Å². The van der Waals surface area contributed by atoms with E-state index in [1.54, 1.807) is 0 Å². The van der Waals surface area contributed by atoms with Crippen LogP contribution in [0.2, 0.25) is 0 Å². The van der Waals surface area contributed by atoms with Crippen molar-refractivity contribution in [1.82, 2.24) is 9.55 Å². The molecule has 0 bridgehead atoms. The summed E-state index contributed by atoms with van der Waals surface area (Å²) in [5.74, 6) is -1.57. The summed E-state index contributed by atoms with van der Waals surface area (Å²) in [4.78, 5) is 38.6. The van der Waals surface area contributed by atoms with Crippen LogP contribution in [0.25, 0.3) is 0 Å². The molecule has 1 saturated carbocycles. The third kappa shape index (κ3) is 8.16. The van der Waals surface area contributed by atoms with Crippen molar-refractivity contribution in [3.05, 3.63) is 18.2 Å². The normalized spacial score (nSPS) is 20.9. The largest absolute Gasteiger partial charge is 0.481 e. The number of nitrogens with zero attached hydrogens (tertiary/aromatic N) is 2. The number of carbonyl (C=O) groups is 3. The van der Waals surface area contributed by atoms with Crippen LogP contribution in [-0.2, 0) is 30.3 Å². The fraction of sp³-hybridized carbons (Fsp3) is 0.727. The lowest BCUT2D eigenvalue weighted by Gasteiger charge is -2.26. The van der Waals surface area contributed by atoms with Gasteiger partial charge in [-0.15, -0.1) is 0 Å². The Kier molecular flexibility index (Phi) is 9.33. The fourth-order valence-electron chi connectivity index (χ4n) is 3.95. The van der Waals surface area contributed by atoms with Crippen molar-refractivity contribution in [2.24, 2.45) is 11.8 Å². The van der Waals surface area contributed by atoms with Gasteiger partial charge >= 0.3 is 17.9 Å². The molecule has 1 fully saturated rings. The van der Waals surface area contributed by atoms with E-state index in [1.807, 2.05) is 12.5 Å². The van der Waals surface area contributed by atoms with Crippen molar-refractivity contribution in [3.8, 4) is 0 Å². The first-order valence-electron chi connectivity index (χ1n) is 10.9. The van der Waals surface area contributed by atoms with E-state index in [1.165, 1.54) is 26.7 Å². The summed E-state index contributed by atoms with van der Waals surface area (Å²) in [5, 5.41) is 9.56. The SMILES string of the molecule is CC(=O)OC(C)OC(=O)CCCC[C@@H](Cc1cn(C2CCC(C)CC2)cn1)C(=O)O. The molecule has 1 heterocycles. The van der Waals surface area contributed by atoms with Crippen LogP contribution in [0, 0.1) is 11.8 Å². The van der Waals surface area contributed by atoms with Gasteiger partial charge in [0, 0.05) is 38.9 Å². The average molecular weight is 423 g/mol. The zero-order chi connectivity index (χ0) is 22.1. The molecule has 1 unspecified atom stereocenters. The predicted molar refractivity (Wildman–Crippen MR) is 110 cm³/mol. The zero-order valence-corrected chi connectivity index (χ0v) is 18.2. The molecule has 0 spiro atoms. The summed E-state index contributed by atoms with van der Waals surface area (Å²) in [6, 6.07) is 0.464.